The third kappa shape index (κ3) is 2.69. The van der Waals surface area contributed by atoms with Gasteiger partial charge in [-0.2, -0.15) is 0 Å². The Morgan fingerprint density at radius 3 is 2.62 bits per heavy atom. The molecule has 0 radical (unpaired) electrons. The molecule has 3 heterocycles. The molecule has 1 fully saturated rings. The Morgan fingerprint density at radius 2 is 1.91 bits per heavy atom. The third-order valence-electron chi connectivity index (χ3n) is 6.68. The molecule has 0 atom stereocenters. The molecule has 1 saturated carbocycles. The lowest BCUT2D eigenvalue weighted by Gasteiger charge is -2.08. The molecule has 4 aromatic rings. The van der Waals surface area contributed by atoms with Crippen molar-refractivity contribution in [2.45, 2.75) is 30.1 Å². The second-order valence-electron chi connectivity index (χ2n) is 8.72. The van der Waals surface area contributed by atoms with Crippen molar-refractivity contribution in [2.75, 3.05) is 11.9 Å². The average Bonchev–Trinajstić information content (AvgIpc) is 3.36. The molecule has 0 unspecified atom stereocenters. The van der Waals surface area contributed by atoms with Crippen LogP contribution in [0, 0.1) is 13.5 Å². The summed E-state index contributed by atoms with van der Waals surface area (Å²) in [6.45, 7) is 10.2. The number of hydrogen-bond donors (Lipinski definition) is 1. The molecule has 1 spiro atoms. The normalized spacial score (nSPS) is 16.0. The summed E-state index contributed by atoms with van der Waals surface area (Å²) < 4.78 is 28.4. The van der Waals surface area contributed by atoms with E-state index in [1.165, 1.54) is 9.54 Å². The van der Waals surface area contributed by atoms with E-state index >= 15 is 0 Å². The monoisotopic (exact) mass is 440 g/mol. The van der Waals surface area contributed by atoms with E-state index in [2.05, 4.69) is 21.2 Å². The van der Waals surface area contributed by atoms with Crippen LogP contribution in [0.25, 0.3) is 26.9 Å². The Bertz CT molecular complexity index is 1560. The van der Waals surface area contributed by atoms with Crippen molar-refractivity contribution >= 4 is 32.4 Å². The molecule has 2 aromatic carbocycles. The molecule has 158 valence electrons. The molecule has 2 aromatic heterocycles. The first-order valence-corrected chi connectivity index (χ1v) is 11.9. The van der Waals surface area contributed by atoms with Crippen molar-refractivity contribution in [1.82, 2.24) is 8.96 Å². The summed E-state index contributed by atoms with van der Waals surface area (Å²) in [4.78, 5) is 8.41. The molecule has 6 rings (SSSR count). The second-order valence-corrected chi connectivity index (χ2v) is 10.5. The van der Waals surface area contributed by atoms with Gasteiger partial charge in [0.15, 0.2) is 5.69 Å². The van der Waals surface area contributed by atoms with Crippen LogP contribution in [0.1, 0.15) is 24.0 Å². The van der Waals surface area contributed by atoms with Gasteiger partial charge in [0.25, 0.3) is 10.0 Å². The number of nitrogens with zero attached hydrogens (tertiary/aromatic N) is 3. The van der Waals surface area contributed by atoms with Crippen LogP contribution in [0.4, 0.5) is 11.5 Å². The summed E-state index contributed by atoms with van der Waals surface area (Å²) in [5, 5.41) is 4.12. The number of fused-ring (bicyclic) bond motifs is 3. The third-order valence-corrected chi connectivity index (χ3v) is 8.37. The number of hydrogen-bond acceptors (Lipinski definition) is 4. The van der Waals surface area contributed by atoms with Crippen LogP contribution in [0.3, 0.4) is 0 Å². The van der Waals surface area contributed by atoms with E-state index in [4.69, 9.17) is 6.57 Å². The van der Waals surface area contributed by atoms with Crippen LogP contribution in [0.2, 0.25) is 0 Å². The number of aryl methyl sites for hydroxylation is 1. The van der Waals surface area contributed by atoms with Gasteiger partial charge in [0.05, 0.1) is 17.0 Å². The Morgan fingerprint density at radius 1 is 1.12 bits per heavy atom. The van der Waals surface area contributed by atoms with Gasteiger partial charge >= 0.3 is 0 Å². The summed E-state index contributed by atoms with van der Waals surface area (Å²) in [6, 6.07) is 14.1. The fourth-order valence-corrected chi connectivity index (χ4v) is 5.98. The van der Waals surface area contributed by atoms with E-state index in [1.807, 2.05) is 6.92 Å². The fourth-order valence-electron chi connectivity index (χ4n) is 4.61. The van der Waals surface area contributed by atoms with Crippen LogP contribution in [0.5, 0.6) is 0 Å². The van der Waals surface area contributed by atoms with Gasteiger partial charge in [-0.3, -0.25) is 0 Å². The predicted molar refractivity (Wildman–Crippen MR) is 125 cm³/mol. The van der Waals surface area contributed by atoms with Gasteiger partial charge < -0.3 is 5.32 Å². The zero-order chi connectivity index (χ0) is 22.1. The molecule has 6 nitrogen and oxygen atoms in total. The molecular weight excluding hydrogens is 420 g/mol. The average molecular weight is 441 g/mol. The lowest BCUT2D eigenvalue weighted by Crippen LogP contribution is -2.11. The standard InChI is InChI=1S/C25H20N4O2S/c1-16-3-6-19(7-4-16)32(30,31)29-14-21(20-12-18(26-2)5-8-23(20)29)17-11-22-24(27-13-17)28-15-25(22)9-10-25/h3-8,11-14H,9-10,15H2,1H3,(H,27,28). The highest BCUT2D eigenvalue weighted by Crippen LogP contribution is 2.54. The molecule has 7 heteroatoms. The van der Waals surface area contributed by atoms with Gasteiger partial charge in [0.1, 0.15) is 5.82 Å². The zero-order valence-corrected chi connectivity index (χ0v) is 18.3. The first kappa shape index (κ1) is 19.1. The van der Waals surface area contributed by atoms with E-state index in [9.17, 15) is 8.42 Å². The highest BCUT2D eigenvalue weighted by molar-refractivity contribution is 7.90. The van der Waals surface area contributed by atoms with Gasteiger partial charge in [-0.1, -0.05) is 23.8 Å². The Kier molecular flexibility index (Phi) is 3.84. The van der Waals surface area contributed by atoms with Gasteiger partial charge in [-0.15, -0.1) is 0 Å². The highest BCUT2D eigenvalue weighted by Gasteiger charge is 2.49. The van der Waals surface area contributed by atoms with Crippen LogP contribution >= 0.6 is 0 Å². The van der Waals surface area contributed by atoms with Crippen LogP contribution < -0.4 is 5.32 Å². The van der Waals surface area contributed by atoms with E-state index in [-0.39, 0.29) is 10.3 Å². The van der Waals surface area contributed by atoms with Crippen LogP contribution in [-0.2, 0) is 15.4 Å². The van der Waals surface area contributed by atoms with Gasteiger partial charge in [0, 0.05) is 41.0 Å². The number of anilines is 1. The maximum absolute atomic E-state index is 13.5. The van der Waals surface area contributed by atoms with Gasteiger partial charge in [-0.05, 0) is 55.5 Å². The Labute approximate surface area is 186 Å². The minimum absolute atomic E-state index is 0.173. The lowest BCUT2D eigenvalue weighted by atomic mass is 9.96. The van der Waals surface area contributed by atoms with Crippen LogP contribution in [0.15, 0.2) is 65.8 Å². The number of aromatic nitrogens is 2. The van der Waals surface area contributed by atoms with Crippen molar-refractivity contribution in [3.8, 4) is 11.1 Å². The van der Waals surface area contributed by atoms with Gasteiger partial charge in [0.2, 0.25) is 0 Å². The van der Waals surface area contributed by atoms with E-state index in [0.29, 0.717) is 11.2 Å². The Balaban J connectivity index is 1.59. The minimum atomic E-state index is -3.80. The largest absolute Gasteiger partial charge is 0.369 e. The minimum Gasteiger partial charge on any atom is -0.369 e. The lowest BCUT2D eigenvalue weighted by molar-refractivity contribution is 0.589. The predicted octanol–water partition coefficient (Wildman–Crippen LogP) is 5.26. The molecule has 1 aliphatic carbocycles. The van der Waals surface area contributed by atoms with E-state index < -0.39 is 10.0 Å². The first-order valence-electron chi connectivity index (χ1n) is 10.5. The fraction of sp³-hybridized carbons (Fsp3) is 0.200. The molecule has 1 N–H and O–H groups in total. The van der Waals surface area contributed by atoms with Gasteiger partial charge in [-0.25, -0.2) is 22.2 Å². The number of rotatable bonds is 3. The number of nitrogens with one attached hydrogen (secondary N) is 1. The second kappa shape index (κ2) is 6.44. The highest BCUT2D eigenvalue weighted by atomic mass is 32.2. The molecule has 0 amide bonds. The van der Waals surface area contributed by atoms with Crippen LogP contribution in [-0.4, -0.2) is 23.9 Å². The number of benzene rings is 2. The quantitative estimate of drug-likeness (QED) is 0.442. The Hall–Kier alpha value is -3.63. The molecule has 0 bridgehead atoms. The molecular formula is C25H20N4O2S. The zero-order valence-electron chi connectivity index (χ0n) is 17.5. The van der Waals surface area contributed by atoms with Crippen molar-refractivity contribution in [1.29, 1.82) is 0 Å². The van der Waals surface area contributed by atoms with E-state index in [1.54, 1.807) is 54.9 Å². The van der Waals surface area contributed by atoms with E-state index in [0.717, 1.165) is 47.3 Å². The number of pyridine rings is 1. The van der Waals surface area contributed by atoms with Crippen molar-refractivity contribution in [3.05, 3.63) is 83.5 Å². The maximum atomic E-state index is 13.5. The van der Waals surface area contributed by atoms with Crippen molar-refractivity contribution in [3.63, 3.8) is 0 Å². The summed E-state index contributed by atoms with van der Waals surface area (Å²) in [5.74, 6) is 0.920. The molecule has 2 aliphatic rings. The summed E-state index contributed by atoms with van der Waals surface area (Å²) >= 11 is 0. The molecule has 1 aliphatic heterocycles. The summed E-state index contributed by atoms with van der Waals surface area (Å²) in [6.07, 6.45) is 5.74. The van der Waals surface area contributed by atoms with Crippen molar-refractivity contribution in [2.24, 2.45) is 0 Å². The van der Waals surface area contributed by atoms with Crippen molar-refractivity contribution < 1.29 is 8.42 Å². The topological polar surface area (TPSA) is 68.3 Å². The summed E-state index contributed by atoms with van der Waals surface area (Å²) in [7, 11) is -3.80. The smallest absolute Gasteiger partial charge is 0.268 e. The maximum Gasteiger partial charge on any atom is 0.268 e. The first-order chi connectivity index (χ1) is 15.4. The summed E-state index contributed by atoms with van der Waals surface area (Å²) in [5.41, 5.74) is 5.02. The molecule has 32 heavy (non-hydrogen) atoms. The SMILES string of the molecule is [C-]#[N+]c1ccc2c(c1)c(-c1cnc3c(c1)C1(CC1)CN3)cn2S(=O)(=O)c1ccc(C)cc1. The molecule has 0 saturated heterocycles.